The fraction of sp³-hybridized carbons (Fsp3) is 0.368. The number of aromatic nitrogens is 1. The molecule has 3 rings (SSSR count). The molecule has 0 radical (unpaired) electrons. The van der Waals surface area contributed by atoms with Crippen molar-refractivity contribution in [3.8, 4) is 0 Å². The van der Waals surface area contributed by atoms with E-state index in [1.54, 1.807) is 26.1 Å². The molecular formula is C19H24N4O4S. The fourth-order valence-electron chi connectivity index (χ4n) is 2.81. The second-order valence-corrected chi connectivity index (χ2v) is 8.47. The van der Waals surface area contributed by atoms with Crippen molar-refractivity contribution in [2.75, 3.05) is 36.5 Å². The number of hydrogen-bond acceptors (Lipinski definition) is 6. The van der Waals surface area contributed by atoms with Crippen molar-refractivity contribution in [1.29, 1.82) is 0 Å². The Morgan fingerprint density at radius 2 is 1.79 bits per heavy atom. The normalized spacial score (nSPS) is 14.9. The highest BCUT2D eigenvalue weighted by molar-refractivity contribution is 7.89. The third-order valence-electron chi connectivity index (χ3n) is 4.16. The minimum absolute atomic E-state index is 0.120. The molecule has 1 aromatic heterocycles. The minimum Gasteiger partial charge on any atom is -0.378 e. The molecule has 0 atom stereocenters. The van der Waals surface area contributed by atoms with Crippen molar-refractivity contribution in [3.05, 3.63) is 48.2 Å². The molecule has 9 heteroatoms. The quantitative estimate of drug-likeness (QED) is 0.762. The Kier molecular flexibility index (Phi) is 6.28. The van der Waals surface area contributed by atoms with Gasteiger partial charge in [0, 0.05) is 24.7 Å². The van der Waals surface area contributed by atoms with Gasteiger partial charge in [-0.2, -0.15) is 0 Å². The number of morpholine rings is 1. The predicted octanol–water partition coefficient (Wildman–Crippen LogP) is 1.86. The smallest absolute Gasteiger partial charge is 0.255 e. The van der Waals surface area contributed by atoms with E-state index >= 15 is 0 Å². The number of rotatable bonds is 6. The Morgan fingerprint density at radius 3 is 2.36 bits per heavy atom. The highest BCUT2D eigenvalue weighted by Gasteiger charge is 2.16. The summed E-state index contributed by atoms with van der Waals surface area (Å²) in [5, 5.41) is 2.77. The maximum absolute atomic E-state index is 12.4. The number of sulfonamides is 1. The SMILES string of the molecule is CC(C)NS(=O)(=O)c1ccc(C(=O)Nc2ccc(N3CCOCC3)nc2)cc1. The Balaban J connectivity index is 1.64. The van der Waals surface area contributed by atoms with Gasteiger partial charge in [0.1, 0.15) is 5.82 Å². The van der Waals surface area contributed by atoms with Crippen LogP contribution in [0.2, 0.25) is 0 Å². The number of anilines is 2. The Bertz CT molecular complexity index is 906. The molecule has 1 aliphatic heterocycles. The average Bonchev–Trinajstić information content (AvgIpc) is 2.68. The predicted molar refractivity (Wildman–Crippen MR) is 107 cm³/mol. The zero-order chi connectivity index (χ0) is 20.1. The van der Waals surface area contributed by atoms with Crippen LogP contribution in [0.5, 0.6) is 0 Å². The molecule has 28 heavy (non-hydrogen) atoms. The van der Waals surface area contributed by atoms with Gasteiger partial charge in [-0.25, -0.2) is 18.1 Å². The first-order valence-corrected chi connectivity index (χ1v) is 10.6. The molecule has 2 aromatic rings. The second-order valence-electron chi connectivity index (χ2n) is 6.76. The first-order chi connectivity index (χ1) is 13.3. The highest BCUT2D eigenvalue weighted by Crippen LogP contribution is 2.17. The second kappa shape index (κ2) is 8.68. The van der Waals surface area contributed by atoms with Crippen LogP contribution in [-0.4, -0.2) is 51.7 Å². The summed E-state index contributed by atoms with van der Waals surface area (Å²) in [4.78, 5) is 19.0. The van der Waals surface area contributed by atoms with Crippen molar-refractivity contribution >= 4 is 27.4 Å². The summed E-state index contributed by atoms with van der Waals surface area (Å²) in [6.07, 6.45) is 1.61. The van der Waals surface area contributed by atoms with Crippen molar-refractivity contribution in [1.82, 2.24) is 9.71 Å². The van der Waals surface area contributed by atoms with E-state index in [2.05, 4.69) is 19.9 Å². The van der Waals surface area contributed by atoms with Gasteiger partial charge < -0.3 is 15.0 Å². The number of nitrogens with one attached hydrogen (secondary N) is 2. The van der Waals surface area contributed by atoms with E-state index in [1.807, 2.05) is 6.07 Å². The molecular weight excluding hydrogens is 380 g/mol. The molecule has 1 aliphatic rings. The van der Waals surface area contributed by atoms with Gasteiger partial charge >= 0.3 is 0 Å². The highest BCUT2D eigenvalue weighted by atomic mass is 32.2. The number of pyridine rings is 1. The van der Waals surface area contributed by atoms with Crippen LogP contribution in [0.15, 0.2) is 47.5 Å². The van der Waals surface area contributed by atoms with Crippen molar-refractivity contribution in [2.24, 2.45) is 0 Å². The van der Waals surface area contributed by atoms with E-state index < -0.39 is 10.0 Å². The summed E-state index contributed by atoms with van der Waals surface area (Å²) in [5.41, 5.74) is 0.931. The molecule has 1 fully saturated rings. The first-order valence-electron chi connectivity index (χ1n) is 9.08. The van der Waals surface area contributed by atoms with E-state index in [0.717, 1.165) is 18.9 Å². The van der Waals surface area contributed by atoms with Crippen LogP contribution in [0, 0.1) is 0 Å². The lowest BCUT2D eigenvalue weighted by molar-refractivity contribution is 0.102. The van der Waals surface area contributed by atoms with Crippen LogP contribution < -0.4 is 14.9 Å². The lowest BCUT2D eigenvalue weighted by atomic mass is 10.2. The van der Waals surface area contributed by atoms with Crippen molar-refractivity contribution in [2.45, 2.75) is 24.8 Å². The van der Waals surface area contributed by atoms with Gasteiger partial charge in [-0.3, -0.25) is 4.79 Å². The molecule has 0 bridgehead atoms. The number of nitrogens with zero attached hydrogens (tertiary/aromatic N) is 2. The number of hydrogen-bond donors (Lipinski definition) is 2. The zero-order valence-corrected chi connectivity index (χ0v) is 16.7. The number of amides is 1. The van der Waals surface area contributed by atoms with Gasteiger partial charge in [0.15, 0.2) is 0 Å². The van der Waals surface area contributed by atoms with Crippen LogP contribution >= 0.6 is 0 Å². The molecule has 1 amide bonds. The standard InChI is InChI=1S/C19H24N4O4S/c1-14(2)22-28(25,26)17-6-3-15(4-7-17)19(24)21-16-5-8-18(20-13-16)23-9-11-27-12-10-23/h3-8,13-14,22H,9-12H2,1-2H3,(H,21,24). The van der Waals surface area contributed by atoms with E-state index in [1.165, 1.54) is 24.3 Å². The summed E-state index contributed by atoms with van der Waals surface area (Å²) in [7, 11) is -3.58. The molecule has 0 aliphatic carbocycles. The number of ether oxygens (including phenoxy) is 1. The van der Waals surface area contributed by atoms with E-state index in [9.17, 15) is 13.2 Å². The number of carbonyl (C=O) groups is 1. The lowest BCUT2D eigenvalue weighted by Crippen LogP contribution is -2.36. The maximum Gasteiger partial charge on any atom is 0.255 e. The van der Waals surface area contributed by atoms with Gasteiger partial charge in [-0.15, -0.1) is 0 Å². The van der Waals surface area contributed by atoms with Crippen molar-refractivity contribution < 1.29 is 17.9 Å². The summed E-state index contributed by atoms with van der Waals surface area (Å²) >= 11 is 0. The van der Waals surface area contributed by atoms with Gasteiger partial charge in [0.05, 0.1) is 30.0 Å². The van der Waals surface area contributed by atoms with Gasteiger partial charge in [-0.05, 0) is 50.2 Å². The van der Waals surface area contributed by atoms with E-state index in [-0.39, 0.29) is 16.8 Å². The Labute approximate surface area is 165 Å². The average molecular weight is 404 g/mol. The van der Waals surface area contributed by atoms with Crippen LogP contribution in [-0.2, 0) is 14.8 Å². The summed E-state index contributed by atoms with van der Waals surface area (Å²) < 4.78 is 32.1. The number of carbonyl (C=O) groups excluding carboxylic acids is 1. The molecule has 2 N–H and O–H groups in total. The summed E-state index contributed by atoms with van der Waals surface area (Å²) in [6, 6.07) is 9.24. The van der Waals surface area contributed by atoms with E-state index in [0.29, 0.717) is 24.5 Å². The van der Waals surface area contributed by atoms with Crippen LogP contribution in [0.1, 0.15) is 24.2 Å². The summed E-state index contributed by atoms with van der Waals surface area (Å²) in [5.74, 6) is 0.509. The first kappa shape index (κ1) is 20.2. The molecule has 0 spiro atoms. The molecule has 0 saturated carbocycles. The molecule has 0 unspecified atom stereocenters. The summed E-state index contributed by atoms with van der Waals surface area (Å²) in [6.45, 7) is 6.44. The molecule has 150 valence electrons. The molecule has 1 saturated heterocycles. The molecule has 8 nitrogen and oxygen atoms in total. The van der Waals surface area contributed by atoms with Gasteiger partial charge in [0.2, 0.25) is 10.0 Å². The van der Waals surface area contributed by atoms with Gasteiger partial charge in [0.25, 0.3) is 5.91 Å². The monoisotopic (exact) mass is 404 g/mol. The van der Waals surface area contributed by atoms with Crippen LogP contribution in [0.4, 0.5) is 11.5 Å². The lowest BCUT2D eigenvalue weighted by Gasteiger charge is -2.27. The molecule has 1 aromatic carbocycles. The van der Waals surface area contributed by atoms with Crippen LogP contribution in [0.3, 0.4) is 0 Å². The maximum atomic E-state index is 12.4. The third kappa shape index (κ3) is 5.06. The zero-order valence-electron chi connectivity index (χ0n) is 15.9. The third-order valence-corrected chi connectivity index (χ3v) is 5.83. The van der Waals surface area contributed by atoms with Gasteiger partial charge in [-0.1, -0.05) is 0 Å². The largest absolute Gasteiger partial charge is 0.378 e. The Morgan fingerprint density at radius 1 is 1.11 bits per heavy atom. The van der Waals surface area contributed by atoms with E-state index in [4.69, 9.17) is 4.74 Å². The Hall–Kier alpha value is -2.49. The van der Waals surface area contributed by atoms with Crippen molar-refractivity contribution in [3.63, 3.8) is 0 Å². The minimum atomic E-state index is -3.58. The van der Waals surface area contributed by atoms with Crippen LogP contribution in [0.25, 0.3) is 0 Å². The fourth-order valence-corrected chi connectivity index (χ4v) is 4.06. The number of benzene rings is 1. The topological polar surface area (TPSA) is 101 Å². The molecule has 2 heterocycles.